The molecule has 1 aliphatic rings. The summed E-state index contributed by atoms with van der Waals surface area (Å²) in [6.07, 6.45) is 4.42. The number of hydrogen-bond acceptors (Lipinski definition) is 7. The highest BCUT2D eigenvalue weighted by Crippen LogP contribution is 2.30. The van der Waals surface area contributed by atoms with Gasteiger partial charge in [-0.05, 0) is 61.7 Å². The molecule has 0 amide bonds. The first-order valence-electron chi connectivity index (χ1n) is 10.2. The van der Waals surface area contributed by atoms with Crippen molar-refractivity contribution in [2.24, 2.45) is 0 Å². The number of fused-ring (bicyclic) bond motifs is 1. The SMILES string of the molecule is Cc1ccc(N(C)c2ccc3nc(Nc4cc(CNC5CC5)ccn4)sc3n2)cc1. The van der Waals surface area contributed by atoms with Gasteiger partial charge in [-0.15, -0.1) is 0 Å². The van der Waals surface area contributed by atoms with Crippen LogP contribution < -0.4 is 15.5 Å². The van der Waals surface area contributed by atoms with E-state index in [1.54, 1.807) is 0 Å². The van der Waals surface area contributed by atoms with Crippen molar-refractivity contribution in [2.45, 2.75) is 32.4 Å². The van der Waals surface area contributed by atoms with Crippen molar-refractivity contribution in [1.29, 1.82) is 0 Å². The van der Waals surface area contributed by atoms with E-state index in [1.165, 1.54) is 35.3 Å². The first-order valence-corrected chi connectivity index (χ1v) is 11.0. The zero-order valence-electron chi connectivity index (χ0n) is 17.1. The summed E-state index contributed by atoms with van der Waals surface area (Å²) in [5, 5.41) is 7.67. The Kier molecular flexibility index (Phi) is 5.06. The standard InChI is InChI=1S/C23H24N6S/c1-15-3-7-18(8-4-15)29(2)21-10-9-19-22(28-21)30-23(26-19)27-20-13-16(11-12-24-20)14-25-17-5-6-17/h3-4,7-13,17,25H,5-6,14H2,1-2H3,(H,24,26,27). The lowest BCUT2D eigenvalue weighted by Crippen LogP contribution is -2.15. The highest BCUT2D eigenvalue weighted by Gasteiger charge is 2.20. The maximum atomic E-state index is 4.82. The second kappa shape index (κ2) is 8.01. The predicted octanol–water partition coefficient (Wildman–Crippen LogP) is 5.16. The molecule has 1 fully saturated rings. The fraction of sp³-hybridized carbons (Fsp3) is 0.261. The number of benzene rings is 1. The number of hydrogen-bond donors (Lipinski definition) is 2. The van der Waals surface area contributed by atoms with Crippen LogP contribution in [0.3, 0.4) is 0 Å². The average molecular weight is 417 g/mol. The van der Waals surface area contributed by atoms with E-state index in [-0.39, 0.29) is 0 Å². The number of rotatable bonds is 7. The molecule has 3 heterocycles. The molecule has 6 nitrogen and oxygen atoms in total. The minimum atomic E-state index is 0.692. The van der Waals surface area contributed by atoms with E-state index in [9.17, 15) is 0 Å². The van der Waals surface area contributed by atoms with Crippen LogP contribution in [0.4, 0.5) is 22.5 Å². The van der Waals surface area contributed by atoms with Crippen molar-refractivity contribution < 1.29 is 0 Å². The van der Waals surface area contributed by atoms with E-state index < -0.39 is 0 Å². The normalized spacial score (nSPS) is 13.5. The van der Waals surface area contributed by atoms with Crippen LogP contribution in [0.15, 0.2) is 54.7 Å². The lowest BCUT2D eigenvalue weighted by atomic mass is 10.2. The third-order valence-corrected chi connectivity index (χ3v) is 6.12. The molecule has 30 heavy (non-hydrogen) atoms. The van der Waals surface area contributed by atoms with E-state index in [0.29, 0.717) is 6.04 Å². The smallest absolute Gasteiger partial charge is 0.190 e. The molecule has 1 saturated carbocycles. The van der Waals surface area contributed by atoms with Crippen molar-refractivity contribution in [3.05, 3.63) is 65.9 Å². The van der Waals surface area contributed by atoms with Crippen LogP contribution in [0, 0.1) is 6.92 Å². The van der Waals surface area contributed by atoms with E-state index in [1.807, 2.05) is 31.4 Å². The van der Waals surface area contributed by atoms with Gasteiger partial charge in [-0.1, -0.05) is 29.0 Å². The molecule has 0 unspecified atom stereocenters. The Hall–Kier alpha value is -3.03. The summed E-state index contributed by atoms with van der Waals surface area (Å²) in [7, 11) is 2.03. The molecule has 3 aromatic heterocycles. The van der Waals surface area contributed by atoms with Gasteiger partial charge >= 0.3 is 0 Å². The third kappa shape index (κ3) is 4.27. The highest BCUT2D eigenvalue weighted by molar-refractivity contribution is 7.21. The van der Waals surface area contributed by atoms with Crippen molar-refractivity contribution in [2.75, 3.05) is 17.3 Å². The van der Waals surface area contributed by atoms with Crippen LogP contribution in [0.1, 0.15) is 24.0 Å². The Morgan fingerprint density at radius 2 is 1.90 bits per heavy atom. The quantitative estimate of drug-likeness (QED) is 0.434. The molecule has 1 aliphatic carbocycles. The van der Waals surface area contributed by atoms with Crippen molar-refractivity contribution in [1.82, 2.24) is 20.3 Å². The molecule has 0 spiro atoms. The molecule has 1 aromatic carbocycles. The molecule has 0 atom stereocenters. The Balaban J connectivity index is 1.33. The topological polar surface area (TPSA) is 66.0 Å². The molecule has 7 heteroatoms. The van der Waals surface area contributed by atoms with Gasteiger partial charge < -0.3 is 15.5 Å². The van der Waals surface area contributed by atoms with Gasteiger partial charge in [-0.2, -0.15) is 0 Å². The zero-order chi connectivity index (χ0) is 20.5. The van der Waals surface area contributed by atoms with Gasteiger partial charge in [0.25, 0.3) is 0 Å². The van der Waals surface area contributed by atoms with Gasteiger partial charge in [-0.3, -0.25) is 0 Å². The van der Waals surface area contributed by atoms with Gasteiger partial charge in [0, 0.05) is 31.5 Å². The number of anilines is 4. The molecule has 5 rings (SSSR count). The summed E-state index contributed by atoms with van der Waals surface area (Å²) in [5.74, 6) is 1.70. The highest BCUT2D eigenvalue weighted by atomic mass is 32.1. The van der Waals surface area contributed by atoms with Gasteiger partial charge in [0.15, 0.2) is 5.13 Å². The Morgan fingerprint density at radius 1 is 1.07 bits per heavy atom. The number of nitrogens with one attached hydrogen (secondary N) is 2. The van der Waals surface area contributed by atoms with Crippen LogP contribution >= 0.6 is 11.3 Å². The van der Waals surface area contributed by atoms with Crippen LogP contribution in [0.25, 0.3) is 10.3 Å². The largest absolute Gasteiger partial charge is 0.329 e. The average Bonchev–Trinajstić information content (AvgIpc) is 3.50. The summed E-state index contributed by atoms with van der Waals surface area (Å²) >= 11 is 1.54. The maximum Gasteiger partial charge on any atom is 0.190 e. The van der Waals surface area contributed by atoms with Gasteiger partial charge in [0.2, 0.25) is 0 Å². The lowest BCUT2D eigenvalue weighted by Gasteiger charge is -2.18. The molecule has 2 N–H and O–H groups in total. The summed E-state index contributed by atoms with van der Waals surface area (Å²) in [6, 6.07) is 17.3. The second-order valence-electron chi connectivity index (χ2n) is 7.74. The third-order valence-electron chi connectivity index (χ3n) is 5.24. The van der Waals surface area contributed by atoms with E-state index in [0.717, 1.165) is 39.3 Å². The van der Waals surface area contributed by atoms with Crippen molar-refractivity contribution in [3.8, 4) is 0 Å². The number of nitrogens with zero attached hydrogens (tertiary/aromatic N) is 4. The van der Waals surface area contributed by atoms with Crippen molar-refractivity contribution in [3.63, 3.8) is 0 Å². The fourth-order valence-electron chi connectivity index (χ4n) is 3.26. The molecule has 0 bridgehead atoms. The Bertz CT molecular complexity index is 1170. The van der Waals surface area contributed by atoms with Crippen molar-refractivity contribution >= 4 is 44.1 Å². The number of pyridine rings is 2. The van der Waals surface area contributed by atoms with Crippen LogP contribution in [0.5, 0.6) is 0 Å². The Labute approximate surface area is 180 Å². The van der Waals surface area contributed by atoms with Gasteiger partial charge in [-0.25, -0.2) is 15.0 Å². The summed E-state index contributed by atoms with van der Waals surface area (Å²) in [5.41, 5.74) is 4.46. The molecule has 0 saturated heterocycles. The zero-order valence-corrected chi connectivity index (χ0v) is 17.9. The molecule has 4 aromatic rings. The fourth-order valence-corrected chi connectivity index (χ4v) is 4.10. The number of aryl methyl sites for hydroxylation is 1. The van der Waals surface area contributed by atoms with Gasteiger partial charge in [0.05, 0.1) is 0 Å². The second-order valence-corrected chi connectivity index (χ2v) is 8.71. The van der Waals surface area contributed by atoms with Crippen LogP contribution in [-0.2, 0) is 6.54 Å². The number of thiazole rings is 1. The maximum absolute atomic E-state index is 4.82. The van der Waals surface area contributed by atoms with Crippen LogP contribution in [-0.4, -0.2) is 28.0 Å². The predicted molar refractivity (Wildman–Crippen MR) is 124 cm³/mol. The summed E-state index contributed by atoms with van der Waals surface area (Å²) in [4.78, 5) is 16.9. The Morgan fingerprint density at radius 3 is 2.70 bits per heavy atom. The lowest BCUT2D eigenvalue weighted by molar-refractivity contribution is 0.687. The van der Waals surface area contributed by atoms with Crippen LogP contribution in [0.2, 0.25) is 0 Å². The first-order chi connectivity index (χ1) is 14.6. The van der Waals surface area contributed by atoms with Gasteiger partial charge in [0.1, 0.15) is 22.0 Å². The molecular weight excluding hydrogens is 392 g/mol. The summed E-state index contributed by atoms with van der Waals surface area (Å²) in [6.45, 7) is 2.96. The van der Waals surface area contributed by atoms with E-state index in [2.05, 4.69) is 62.8 Å². The molecule has 0 radical (unpaired) electrons. The van der Waals surface area contributed by atoms with E-state index >= 15 is 0 Å². The minimum Gasteiger partial charge on any atom is -0.329 e. The molecule has 152 valence electrons. The molecular formula is C23H24N6S. The first kappa shape index (κ1) is 19.0. The minimum absolute atomic E-state index is 0.692. The molecule has 0 aliphatic heterocycles. The van der Waals surface area contributed by atoms with E-state index in [4.69, 9.17) is 4.98 Å². The number of aromatic nitrogens is 3. The summed E-state index contributed by atoms with van der Waals surface area (Å²) < 4.78 is 0. The monoisotopic (exact) mass is 416 g/mol.